The largest absolute Gasteiger partial charge is 0.269 e. The maximum atomic E-state index is 12.8. The summed E-state index contributed by atoms with van der Waals surface area (Å²) in [6.45, 7) is 3.89. The van der Waals surface area contributed by atoms with Gasteiger partial charge in [0.05, 0.1) is 4.90 Å². The van der Waals surface area contributed by atoms with Crippen molar-refractivity contribution in [3.05, 3.63) is 48.0 Å². The van der Waals surface area contributed by atoms with Crippen LogP contribution in [0.1, 0.15) is 69.2 Å². The predicted octanol–water partition coefficient (Wildman–Crippen LogP) is 4.29. The Hall–Kier alpha value is -1.62. The summed E-state index contributed by atoms with van der Waals surface area (Å²) < 4.78 is 27.0. The Morgan fingerprint density at radius 2 is 1.74 bits per heavy atom. The van der Waals surface area contributed by atoms with Gasteiger partial charge in [0.25, 0.3) is 10.0 Å². The number of rotatable bonds is 4. The third-order valence-corrected chi connectivity index (χ3v) is 6.36. The average Bonchev–Trinajstić information content (AvgIpc) is 3.07. The van der Waals surface area contributed by atoms with Gasteiger partial charge in [-0.1, -0.05) is 45.2 Å². The first-order valence-electron chi connectivity index (χ1n) is 8.39. The molecule has 1 aliphatic rings. The maximum Gasteiger partial charge on any atom is 0.269 e. The van der Waals surface area contributed by atoms with Gasteiger partial charge in [0.1, 0.15) is 5.82 Å². The molecule has 0 amide bonds. The molecule has 1 aliphatic carbocycles. The second-order valence-corrected chi connectivity index (χ2v) is 8.46. The van der Waals surface area contributed by atoms with E-state index in [1.54, 1.807) is 18.3 Å². The van der Waals surface area contributed by atoms with Crippen LogP contribution in [0.4, 0.5) is 0 Å². The van der Waals surface area contributed by atoms with Crippen LogP contribution in [0.25, 0.3) is 0 Å². The molecule has 5 heteroatoms. The lowest BCUT2D eigenvalue weighted by molar-refractivity contribution is 0.443. The summed E-state index contributed by atoms with van der Waals surface area (Å²) in [5.41, 5.74) is 1.26. The van der Waals surface area contributed by atoms with Crippen LogP contribution < -0.4 is 0 Å². The van der Waals surface area contributed by atoms with Crippen LogP contribution in [0, 0.1) is 0 Å². The second-order valence-electron chi connectivity index (χ2n) is 6.64. The van der Waals surface area contributed by atoms with Gasteiger partial charge in [-0.05, 0) is 36.5 Å². The van der Waals surface area contributed by atoms with E-state index in [1.807, 2.05) is 26.0 Å². The summed E-state index contributed by atoms with van der Waals surface area (Å²) in [4.78, 5) is 4.51. The van der Waals surface area contributed by atoms with Crippen molar-refractivity contribution in [1.82, 2.24) is 8.96 Å². The Balaban J connectivity index is 1.90. The van der Waals surface area contributed by atoms with Gasteiger partial charge in [-0.25, -0.2) is 17.4 Å². The summed E-state index contributed by atoms with van der Waals surface area (Å²) in [5.74, 6) is 1.21. The Morgan fingerprint density at radius 1 is 1.09 bits per heavy atom. The molecule has 0 radical (unpaired) electrons. The SMILES string of the molecule is CC(C)c1nccn1S(=O)(=O)c1ccc(C2CCCCC2)cc1. The third-order valence-electron chi connectivity index (χ3n) is 4.66. The van der Waals surface area contributed by atoms with E-state index < -0.39 is 10.0 Å². The van der Waals surface area contributed by atoms with E-state index in [9.17, 15) is 8.42 Å². The van der Waals surface area contributed by atoms with E-state index in [0.29, 0.717) is 16.6 Å². The van der Waals surface area contributed by atoms with Crippen molar-refractivity contribution in [2.24, 2.45) is 0 Å². The highest BCUT2D eigenvalue weighted by Crippen LogP contribution is 2.33. The molecule has 1 aromatic heterocycles. The number of hydrogen-bond donors (Lipinski definition) is 0. The minimum absolute atomic E-state index is 0.0567. The second kappa shape index (κ2) is 6.48. The molecule has 0 spiro atoms. The van der Waals surface area contributed by atoms with E-state index in [2.05, 4.69) is 4.98 Å². The van der Waals surface area contributed by atoms with Crippen molar-refractivity contribution in [3.8, 4) is 0 Å². The molecule has 1 saturated carbocycles. The van der Waals surface area contributed by atoms with Gasteiger partial charge in [0, 0.05) is 18.3 Å². The summed E-state index contributed by atoms with van der Waals surface area (Å²) in [5, 5.41) is 0. The Morgan fingerprint density at radius 3 is 2.35 bits per heavy atom. The van der Waals surface area contributed by atoms with Crippen molar-refractivity contribution in [2.75, 3.05) is 0 Å². The first kappa shape index (κ1) is 16.2. The van der Waals surface area contributed by atoms with Crippen LogP contribution in [-0.2, 0) is 10.0 Å². The predicted molar refractivity (Wildman–Crippen MR) is 91.2 cm³/mol. The highest BCUT2D eigenvalue weighted by Gasteiger charge is 2.22. The quantitative estimate of drug-likeness (QED) is 0.839. The van der Waals surface area contributed by atoms with Crippen LogP contribution >= 0.6 is 0 Å². The van der Waals surface area contributed by atoms with Crippen molar-refractivity contribution in [3.63, 3.8) is 0 Å². The van der Waals surface area contributed by atoms with E-state index >= 15 is 0 Å². The minimum atomic E-state index is -3.56. The third kappa shape index (κ3) is 3.20. The fraction of sp³-hybridized carbons (Fsp3) is 0.500. The van der Waals surface area contributed by atoms with Crippen LogP contribution in [0.3, 0.4) is 0 Å². The molecule has 0 aliphatic heterocycles. The zero-order valence-corrected chi connectivity index (χ0v) is 14.6. The van der Waals surface area contributed by atoms with Crippen molar-refractivity contribution in [1.29, 1.82) is 0 Å². The minimum Gasteiger partial charge on any atom is -0.240 e. The zero-order chi connectivity index (χ0) is 16.4. The van der Waals surface area contributed by atoms with Crippen molar-refractivity contribution >= 4 is 10.0 Å². The maximum absolute atomic E-state index is 12.8. The molecule has 0 atom stereocenters. The first-order valence-corrected chi connectivity index (χ1v) is 9.83. The molecule has 0 N–H and O–H groups in total. The molecule has 124 valence electrons. The van der Waals surface area contributed by atoms with Gasteiger partial charge in [-0.2, -0.15) is 0 Å². The summed E-state index contributed by atoms with van der Waals surface area (Å²) in [7, 11) is -3.56. The van der Waals surface area contributed by atoms with Gasteiger partial charge >= 0.3 is 0 Å². The lowest BCUT2D eigenvalue weighted by Gasteiger charge is -2.22. The highest BCUT2D eigenvalue weighted by molar-refractivity contribution is 7.90. The molecular formula is C18H24N2O2S. The normalized spacial score (nSPS) is 16.8. The lowest BCUT2D eigenvalue weighted by atomic mass is 9.84. The fourth-order valence-corrected chi connectivity index (χ4v) is 4.80. The Bertz CT molecular complexity index is 755. The number of hydrogen-bond acceptors (Lipinski definition) is 3. The van der Waals surface area contributed by atoms with Gasteiger partial charge in [-0.15, -0.1) is 0 Å². The van der Waals surface area contributed by atoms with Gasteiger partial charge in [0.15, 0.2) is 0 Å². The molecule has 2 aromatic rings. The molecule has 0 saturated heterocycles. The molecule has 0 unspecified atom stereocenters. The van der Waals surface area contributed by atoms with Crippen LogP contribution in [0.5, 0.6) is 0 Å². The number of imidazole rings is 1. The van der Waals surface area contributed by atoms with Crippen molar-refractivity contribution < 1.29 is 8.42 Å². The Labute approximate surface area is 138 Å². The Kier molecular flexibility index (Phi) is 4.57. The molecule has 1 fully saturated rings. The van der Waals surface area contributed by atoms with Crippen molar-refractivity contribution in [2.45, 2.75) is 62.7 Å². The number of nitrogens with zero attached hydrogens (tertiary/aromatic N) is 2. The average molecular weight is 332 g/mol. The summed E-state index contributed by atoms with van der Waals surface area (Å²) >= 11 is 0. The number of benzene rings is 1. The van der Waals surface area contributed by atoms with Gasteiger partial charge in [0.2, 0.25) is 0 Å². The van der Waals surface area contributed by atoms with E-state index in [1.165, 1.54) is 47.8 Å². The van der Waals surface area contributed by atoms with Crippen LogP contribution in [0.2, 0.25) is 0 Å². The fourth-order valence-electron chi connectivity index (χ4n) is 3.37. The zero-order valence-electron chi connectivity index (χ0n) is 13.8. The van der Waals surface area contributed by atoms with E-state index in [-0.39, 0.29) is 5.92 Å². The molecule has 1 aromatic carbocycles. The molecule has 0 bridgehead atoms. The highest BCUT2D eigenvalue weighted by atomic mass is 32.2. The molecule has 4 nitrogen and oxygen atoms in total. The van der Waals surface area contributed by atoms with E-state index in [0.717, 1.165) is 0 Å². The van der Waals surface area contributed by atoms with E-state index in [4.69, 9.17) is 0 Å². The van der Waals surface area contributed by atoms with Gasteiger partial charge in [-0.3, -0.25) is 0 Å². The standard InChI is InChI=1S/C18H24N2O2S/c1-14(2)18-19-12-13-20(18)23(21,22)17-10-8-16(9-11-17)15-6-4-3-5-7-15/h8-15H,3-7H2,1-2H3. The van der Waals surface area contributed by atoms with Crippen LogP contribution in [-0.4, -0.2) is 17.4 Å². The number of aromatic nitrogens is 2. The lowest BCUT2D eigenvalue weighted by Crippen LogP contribution is -2.16. The first-order chi connectivity index (χ1) is 11.0. The molecule has 23 heavy (non-hydrogen) atoms. The molecule has 1 heterocycles. The smallest absolute Gasteiger partial charge is 0.240 e. The monoisotopic (exact) mass is 332 g/mol. The van der Waals surface area contributed by atoms with Gasteiger partial charge < -0.3 is 0 Å². The topological polar surface area (TPSA) is 52.0 Å². The van der Waals surface area contributed by atoms with Crippen LogP contribution in [0.15, 0.2) is 41.6 Å². The molecular weight excluding hydrogens is 308 g/mol. The molecule has 3 rings (SSSR count). The summed E-state index contributed by atoms with van der Waals surface area (Å²) in [6, 6.07) is 7.44. The summed E-state index contributed by atoms with van der Waals surface area (Å²) in [6.07, 6.45) is 9.37.